The van der Waals surface area contributed by atoms with Crippen LogP contribution >= 0.6 is 0 Å². The van der Waals surface area contributed by atoms with Crippen LogP contribution in [0.1, 0.15) is 93.8 Å². The minimum Gasteiger partial charge on any atom is -0.483 e. The Morgan fingerprint density at radius 3 is 2.16 bits per heavy atom. The van der Waals surface area contributed by atoms with Crippen LogP contribution in [0.15, 0.2) is 60.8 Å². The van der Waals surface area contributed by atoms with E-state index >= 15 is 0 Å². The van der Waals surface area contributed by atoms with Gasteiger partial charge in [0.15, 0.2) is 5.82 Å². The number of rotatable bonds is 12. The molecule has 2 saturated heterocycles. The second-order valence-electron chi connectivity index (χ2n) is 17.6. The number of aryl methyl sites for hydroxylation is 1. The van der Waals surface area contributed by atoms with E-state index in [1.165, 1.54) is 0 Å². The molecule has 3 fully saturated rings. The summed E-state index contributed by atoms with van der Waals surface area (Å²) in [5.74, 6) is -0.389. The van der Waals surface area contributed by atoms with Gasteiger partial charge in [0.05, 0.1) is 0 Å². The van der Waals surface area contributed by atoms with E-state index in [1.54, 1.807) is 41.4 Å². The number of amides is 5. The summed E-state index contributed by atoms with van der Waals surface area (Å²) in [7, 11) is 0. The highest BCUT2D eigenvalue weighted by Gasteiger charge is 2.44. The molecule has 7 N–H and O–H groups in total. The van der Waals surface area contributed by atoms with Crippen LogP contribution in [-0.4, -0.2) is 113 Å². The van der Waals surface area contributed by atoms with Crippen LogP contribution in [-0.2, 0) is 25.5 Å². The van der Waals surface area contributed by atoms with Crippen LogP contribution in [0.3, 0.4) is 0 Å². The minimum absolute atomic E-state index is 0.0722. The number of pyridine rings is 1. The van der Waals surface area contributed by atoms with Gasteiger partial charge >= 0.3 is 12.2 Å². The Labute approximate surface area is 370 Å². The molecule has 64 heavy (non-hydrogen) atoms. The second-order valence-corrected chi connectivity index (χ2v) is 17.6. The number of aromatic nitrogens is 5. The first-order valence-electron chi connectivity index (χ1n) is 21.5. The van der Waals surface area contributed by atoms with Gasteiger partial charge in [0, 0.05) is 60.0 Å². The number of alkyl carbamates (subject to hydrolysis) is 1. The number of H-pyrrole nitrogens is 1. The fraction of sp³-hybridized carbons (Fsp3) is 0.467. The summed E-state index contributed by atoms with van der Waals surface area (Å²) in [4.78, 5) is 79.1. The van der Waals surface area contributed by atoms with Crippen LogP contribution in [0.4, 0.5) is 15.3 Å². The van der Waals surface area contributed by atoms with Gasteiger partial charge in [0.25, 0.3) is 12.4 Å². The number of carbonyl (C=O) groups excluding carboxylic acids is 4. The predicted molar refractivity (Wildman–Crippen MR) is 234 cm³/mol. The van der Waals surface area contributed by atoms with Crippen LogP contribution in [0.25, 0.3) is 22.5 Å². The fourth-order valence-corrected chi connectivity index (χ4v) is 8.80. The highest BCUT2D eigenvalue weighted by Crippen LogP contribution is 2.36. The number of hydrogen-bond donors (Lipinski definition) is 7. The number of carbonyl (C=O) groups is 6. The first kappa shape index (κ1) is 46.6. The molecule has 19 nitrogen and oxygen atoms in total. The van der Waals surface area contributed by atoms with Gasteiger partial charge in [0.2, 0.25) is 11.8 Å². The monoisotopic (exact) mass is 880 g/mol. The van der Waals surface area contributed by atoms with Crippen LogP contribution < -0.4 is 21.3 Å². The maximum Gasteiger partial charge on any atom is 0.407 e. The summed E-state index contributed by atoms with van der Waals surface area (Å²) in [5, 5.41) is 42.3. The number of nitrogens with one attached hydrogen (secondary N) is 5. The smallest absolute Gasteiger partial charge is 0.407 e. The number of tetrazole rings is 1. The summed E-state index contributed by atoms with van der Waals surface area (Å²) in [6, 6.07) is 15.4. The first-order chi connectivity index (χ1) is 30.6. The Kier molecular flexibility index (Phi) is 15.3. The van der Waals surface area contributed by atoms with Crippen LogP contribution in [0.5, 0.6) is 0 Å². The Morgan fingerprint density at radius 1 is 0.938 bits per heavy atom. The fourth-order valence-electron chi connectivity index (χ4n) is 8.80. The number of piperidine rings is 1. The Morgan fingerprint density at radius 2 is 1.58 bits per heavy atom. The van der Waals surface area contributed by atoms with E-state index in [0.717, 1.165) is 53.5 Å². The van der Waals surface area contributed by atoms with Crippen molar-refractivity contribution in [2.75, 3.05) is 11.9 Å². The average Bonchev–Trinajstić information content (AvgIpc) is 3.90. The molecule has 7 rings (SSSR count). The zero-order valence-electron chi connectivity index (χ0n) is 36.4. The van der Waals surface area contributed by atoms with Crippen molar-refractivity contribution >= 4 is 42.1 Å². The van der Waals surface area contributed by atoms with E-state index in [0.29, 0.717) is 49.4 Å². The Balaban J connectivity index is 0.00000220. The van der Waals surface area contributed by atoms with Gasteiger partial charge in [-0.05, 0) is 142 Å². The number of benzene rings is 2. The second kappa shape index (κ2) is 21.0. The van der Waals surface area contributed by atoms with Crippen molar-refractivity contribution in [3.05, 3.63) is 77.6 Å². The third-order valence-corrected chi connectivity index (χ3v) is 11.9. The molecule has 2 bridgehead atoms. The van der Waals surface area contributed by atoms with E-state index < -0.39 is 23.8 Å². The quantitative estimate of drug-likeness (QED) is 0.0887. The van der Waals surface area contributed by atoms with E-state index in [2.05, 4.69) is 46.9 Å². The molecule has 2 aromatic carbocycles. The lowest BCUT2D eigenvalue weighted by Gasteiger charge is -2.37. The number of nitrogens with zero attached hydrogens (tertiary/aromatic N) is 5. The standard InChI is InChI=1S/C44H54N10O7.CH2O2/c1-25-19-36(40(56)48-32-21-33-17-18-34(22-32)54(33)43(59)60)45-24-35(25)28-9-5-26(6-10-28)20-37(41(57)47-31-15-13-29(14-16-31)38-50-52-53-51-38)49-39(55)30-11-7-27(8-12-30)23-46-42(58)61-44(2,3)4;2-1-3/h5-6,9-10,13-16,19,24,27,30,32-34,37H,7-8,11-12,17-18,20-23H2,1-4H3,(H,46,58)(H,47,57)(H,48,56)(H,49,55)(H,59,60)(H,50,51,52,53);1H,(H,2,3)/t27-,30-,32?,33-,34+,37-;/m0./s1. The number of ether oxygens (including phenoxy) is 1. The molecule has 4 aromatic rings. The zero-order valence-corrected chi connectivity index (χ0v) is 36.4. The molecule has 0 radical (unpaired) electrons. The SMILES string of the molecule is Cc1cc(C(=O)NC2C[C@H]3CC[C@@H](C2)N3C(=O)O)ncc1-c1ccc(C[C@H](NC(=O)[C@H]2CC[C@H](CNC(=O)OC(C)(C)C)CC2)C(=O)Nc2ccc(-c3nnn[nH]3)cc2)cc1.O=CO. The normalized spacial score (nSPS) is 20.7. The lowest BCUT2D eigenvalue weighted by molar-refractivity contribution is -0.130. The maximum absolute atomic E-state index is 13.9. The van der Waals surface area contributed by atoms with Crippen molar-refractivity contribution < 1.29 is 43.7 Å². The van der Waals surface area contributed by atoms with Gasteiger partial charge in [-0.3, -0.25) is 24.2 Å². The van der Waals surface area contributed by atoms with E-state index in [1.807, 2.05) is 52.0 Å². The van der Waals surface area contributed by atoms with E-state index in [9.17, 15) is 29.1 Å². The maximum atomic E-state index is 13.9. The highest BCUT2D eigenvalue weighted by molar-refractivity contribution is 5.98. The summed E-state index contributed by atoms with van der Waals surface area (Å²) < 4.78 is 5.36. The molecule has 5 amide bonds. The van der Waals surface area contributed by atoms with Gasteiger partial charge in [-0.15, -0.1) is 5.10 Å². The molecule has 2 aromatic heterocycles. The van der Waals surface area contributed by atoms with E-state index in [4.69, 9.17) is 14.6 Å². The molecular weight excluding hydrogens is 825 g/mol. The molecule has 1 unspecified atom stereocenters. The highest BCUT2D eigenvalue weighted by atomic mass is 16.6. The zero-order chi connectivity index (χ0) is 46.0. The van der Waals surface area contributed by atoms with E-state index in [-0.39, 0.29) is 60.6 Å². The minimum atomic E-state index is -0.895. The van der Waals surface area contributed by atoms with Crippen molar-refractivity contribution in [2.24, 2.45) is 11.8 Å². The molecule has 340 valence electrons. The molecule has 4 heterocycles. The summed E-state index contributed by atoms with van der Waals surface area (Å²) in [6.07, 6.45) is 6.17. The number of hydrogen-bond acceptors (Lipinski definition) is 11. The van der Waals surface area contributed by atoms with Crippen molar-refractivity contribution in [1.29, 1.82) is 0 Å². The molecular formula is C45H56N10O9. The van der Waals surface area contributed by atoms with Crippen molar-refractivity contribution in [1.82, 2.24) is 46.5 Å². The molecule has 0 spiro atoms. The van der Waals surface area contributed by atoms with Crippen LogP contribution in [0.2, 0.25) is 0 Å². The number of aromatic amines is 1. The van der Waals surface area contributed by atoms with Crippen molar-refractivity contribution in [3.63, 3.8) is 0 Å². The number of anilines is 1. The molecule has 3 aliphatic rings. The van der Waals surface area contributed by atoms with Crippen molar-refractivity contribution in [3.8, 4) is 22.5 Å². The molecule has 1 aliphatic carbocycles. The van der Waals surface area contributed by atoms with Gasteiger partial charge in [-0.2, -0.15) is 0 Å². The average molecular weight is 881 g/mol. The Bertz CT molecular complexity index is 2240. The third kappa shape index (κ3) is 12.4. The third-order valence-electron chi connectivity index (χ3n) is 11.9. The molecule has 2 aliphatic heterocycles. The van der Waals surface area contributed by atoms with Crippen LogP contribution in [0, 0.1) is 18.8 Å². The summed E-state index contributed by atoms with van der Waals surface area (Å²) in [6.45, 7) is 7.60. The summed E-state index contributed by atoms with van der Waals surface area (Å²) >= 11 is 0. The topological polar surface area (TPSA) is 271 Å². The lowest BCUT2D eigenvalue weighted by atomic mass is 9.81. The Hall–Kier alpha value is -6.92. The first-order valence-corrected chi connectivity index (χ1v) is 21.5. The largest absolute Gasteiger partial charge is 0.483 e. The molecule has 4 atom stereocenters. The number of carboxylic acid groups (broad SMARTS) is 2. The van der Waals surface area contributed by atoms with Gasteiger partial charge in [0.1, 0.15) is 17.3 Å². The van der Waals surface area contributed by atoms with Gasteiger partial charge < -0.3 is 41.1 Å². The van der Waals surface area contributed by atoms with Gasteiger partial charge in [-0.1, -0.05) is 24.3 Å². The predicted octanol–water partition coefficient (Wildman–Crippen LogP) is 5.34. The number of fused-ring (bicyclic) bond motifs is 2. The lowest BCUT2D eigenvalue weighted by Crippen LogP contribution is -2.52. The summed E-state index contributed by atoms with van der Waals surface area (Å²) in [5.41, 5.74) is 4.42. The molecule has 19 heteroatoms. The molecule has 1 saturated carbocycles. The van der Waals surface area contributed by atoms with Gasteiger partial charge in [-0.25, -0.2) is 14.7 Å². The van der Waals surface area contributed by atoms with Crippen molar-refractivity contribution in [2.45, 2.75) is 115 Å².